The van der Waals surface area contributed by atoms with E-state index in [-0.39, 0.29) is 29.1 Å². The molecular weight excluding hydrogens is 552 g/mol. The SMILES string of the molecule is CC(=O)C1C(=O)[C@@]2(O)C(=O)C3C(=O)c4c(O)ccc(/C=C/c5ccc(C(C)(C)C)cc5)c4C[C@@]3(C)C[C@@]2(C)C(C(C)C)=C1C. The van der Waals surface area contributed by atoms with Crippen molar-refractivity contribution in [2.24, 2.45) is 28.6 Å². The predicted octanol–water partition coefficient (Wildman–Crippen LogP) is 6.69. The van der Waals surface area contributed by atoms with Crippen LogP contribution in [0.25, 0.3) is 12.2 Å². The van der Waals surface area contributed by atoms with E-state index in [2.05, 4.69) is 32.9 Å². The Kier molecular flexibility index (Phi) is 7.36. The van der Waals surface area contributed by atoms with Crippen LogP contribution in [0.2, 0.25) is 0 Å². The molecule has 2 unspecified atom stereocenters. The summed E-state index contributed by atoms with van der Waals surface area (Å²) in [5.41, 5.74) is 0.215. The molecule has 0 saturated heterocycles. The van der Waals surface area contributed by atoms with Crippen molar-refractivity contribution in [3.63, 3.8) is 0 Å². The molecule has 3 aliphatic carbocycles. The average Bonchev–Trinajstić information content (AvgIpc) is 2.89. The van der Waals surface area contributed by atoms with Crippen LogP contribution in [0.4, 0.5) is 0 Å². The summed E-state index contributed by atoms with van der Waals surface area (Å²) in [5, 5.41) is 23.2. The van der Waals surface area contributed by atoms with Crippen LogP contribution in [-0.4, -0.2) is 38.9 Å². The zero-order valence-electron chi connectivity index (χ0n) is 27.3. The molecule has 3 aliphatic rings. The van der Waals surface area contributed by atoms with Gasteiger partial charge in [0.05, 0.1) is 11.5 Å². The van der Waals surface area contributed by atoms with E-state index in [9.17, 15) is 29.4 Å². The van der Waals surface area contributed by atoms with E-state index in [1.54, 1.807) is 19.9 Å². The highest BCUT2D eigenvalue weighted by atomic mass is 16.3. The van der Waals surface area contributed by atoms with Crippen molar-refractivity contribution in [1.29, 1.82) is 0 Å². The second-order valence-electron chi connectivity index (χ2n) is 15.1. The molecule has 5 rings (SSSR count). The number of benzene rings is 2. The summed E-state index contributed by atoms with van der Waals surface area (Å²) in [6.07, 6.45) is 4.37. The number of Topliss-reactive ketones (excluding diaryl/α,β-unsaturated/α-hetero) is 4. The Morgan fingerprint density at radius 2 is 1.59 bits per heavy atom. The van der Waals surface area contributed by atoms with E-state index in [0.717, 1.165) is 16.7 Å². The summed E-state index contributed by atoms with van der Waals surface area (Å²) in [5.74, 6) is -5.73. The molecule has 2 aromatic carbocycles. The number of carbonyl (C=O) groups excluding carboxylic acids is 4. The van der Waals surface area contributed by atoms with Gasteiger partial charge in [-0.1, -0.05) is 102 Å². The van der Waals surface area contributed by atoms with Crippen molar-refractivity contribution in [3.05, 3.63) is 75.4 Å². The summed E-state index contributed by atoms with van der Waals surface area (Å²) < 4.78 is 0. The Labute approximate surface area is 260 Å². The standard InChI is InChI=1S/C38H44O6/c1-20(2)30-21(3)28(22(4)39)33(42)38(44)34(43)31-32(41)29-26(18-36(31,8)19-37(30,38)9)24(14-17-27(29)40)13-10-23-11-15-25(16-12-23)35(5,6)7/h10-17,20,28,31,40,44H,18-19H2,1-9H3/b13-10+/t28?,31?,36-,37-,38+/m0/s1. The van der Waals surface area contributed by atoms with Gasteiger partial charge in [0.25, 0.3) is 0 Å². The van der Waals surface area contributed by atoms with Crippen molar-refractivity contribution in [1.82, 2.24) is 0 Å². The number of rotatable bonds is 4. The third-order valence-corrected chi connectivity index (χ3v) is 10.6. The molecule has 6 heteroatoms. The molecule has 2 N–H and O–H groups in total. The topological polar surface area (TPSA) is 109 Å². The van der Waals surface area contributed by atoms with Gasteiger partial charge in [-0.25, -0.2) is 0 Å². The normalized spacial score (nSPS) is 30.5. The molecule has 0 amide bonds. The lowest BCUT2D eigenvalue weighted by Gasteiger charge is -2.60. The lowest BCUT2D eigenvalue weighted by molar-refractivity contribution is -0.183. The van der Waals surface area contributed by atoms with E-state index in [0.29, 0.717) is 17.6 Å². The number of hydrogen-bond donors (Lipinski definition) is 2. The highest BCUT2D eigenvalue weighted by Crippen LogP contribution is 2.64. The second-order valence-corrected chi connectivity index (χ2v) is 15.1. The van der Waals surface area contributed by atoms with Crippen molar-refractivity contribution >= 4 is 35.3 Å². The van der Waals surface area contributed by atoms with Gasteiger partial charge in [-0.3, -0.25) is 19.2 Å². The lowest BCUT2D eigenvalue weighted by Crippen LogP contribution is -2.73. The fraction of sp³-hybridized carbons (Fsp3) is 0.474. The van der Waals surface area contributed by atoms with Crippen LogP contribution in [0, 0.1) is 28.6 Å². The van der Waals surface area contributed by atoms with Gasteiger partial charge >= 0.3 is 0 Å². The molecular formula is C38H44O6. The Bertz CT molecular complexity index is 1670. The van der Waals surface area contributed by atoms with Crippen molar-refractivity contribution in [3.8, 4) is 5.75 Å². The number of carbonyl (C=O) groups is 4. The summed E-state index contributed by atoms with van der Waals surface area (Å²) in [4.78, 5) is 55.4. The number of aliphatic hydroxyl groups is 1. The van der Waals surface area contributed by atoms with Crippen LogP contribution in [-0.2, 0) is 26.2 Å². The van der Waals surface area contributed by atoms with Gasteiger partial charge in [0.2, 0.25) is 0 Å². The monoisotopic (exact) mass is 596 g/mol. The number of allylic oxidation sites excluding steroid dienone is 1. The predicted molar refractivity (Wildman–Crippen MR) is 171 cm³/mol. The summed E-state index contributed by atoms with van der Waals surface area (Å²) >= 11 is 0. The number of hydrogen-bond acceptors (Lipinski definition) is 6. The molecule has 232 valence electrons. The van der Waals surface area contributed by atoms with Gasteiger partial charge in [-0.2, -0.15) is 0 Å². The molecule has 6 nitrogen and oxygen atoms in total. The molecule has 5 atom stereocenters. The number of phenolic OH excluding ortho intramolecular Hbond substituents is 1. The van der Waals surface area contributed by atoms with E-state index in [1.165, 1.54) is 18.6 Å². The van der Waals surface area contributed by atoms with Crippen LogP contribution in [0.3, 0.4) is 0 Å². The van der Waals surface area contributed by atoms with Crippen molar-refractivity contribution in [2.75, 3.05) is 0 Å². The fourth-order valence-electron chi connectivity index (χ4n) is 8.80. The van der Waals surface area contributed by atoms with E-state index >= 15 is 0 Å². The zero-order chi connectivity index (χ0) is 32.7. The molecule has 44 heavy (non-hydrogen) atoms. The average molecular weight is 597 g/mol. The third kappa shape index (κ3) is 4.40. The van der Waals surface area contributed by atoms with Gasteiger partial charge in [-0.05, 0) is 71.8 Å². The first kappa shape index (κ1) is 31.8. The van der Waals surface area contributed by atoms with Crippen LogP contribution >= 0.6 is 0 Å². The molecule has 0 spiro atoms. The maximum atomic E-state index is 14.5. The number of aromatic hydroxyl groups is 1. The summed E-state index contributed by atoms with van der Waals surface area (Å²) in [6.45, 7) is 17.0. The first-order valence-corrected chi connectivity index (χ1v) is 15.5. The minimum atomic E-state index is -2.54. The van der Waals surface area contributed by atoms with Gasteiger partial charge < -0.3 is 10.2 Å². The number of fused-ring (bicyclic) bond motifs is 3. The summed E-state index contributed by atoms with van der Waals surface area (Å²) in [7, 11) is 0. The second kappa shape index (κ2) is 10.2. The largest absolute Gasteiger partial charge is 0.507 e. The maximum Gasteiger partial charge on any atom is 0.192 e. The first-order chi connectivity index (χ1) is 20.3. The molecule has 0 bridgehead atoms. The molecule has 0 aliphatic heterocycles. The highest BCUT2D eigenvalue weighted by molar-refractivity contribution is 6.27. The van der Waals surface area contributed by atoms with Gasteiger partial charge in [0, 0.05) is 5.41 Å². The minimum absolute atomic E-state index is 0.0317. The van der Waals surface area contributed by atoms with Crippen LogP contribution in [0.5, 0.6) is 5.75 Å². The molecule has 0 aromatic heterocycles. The van der Waals surface area contributed by atoms with Crippen LogP contribution < -0.4 is 0 Å². The summed E-state index contributed by atoms with van der Waals surface area (Å²) in [6, 6.07) is 11.5. The fourth-order valence-corrected chi connectivity index (χ4v) is 8.80. The number of ketones is 4. The van der Waals surface area contributed by atoms with Crippen molar-refractivity contribution < 1.29 is 29.4 Å². The molecule has 1 fully saturated rings. The Morgan fingerprint density at radius 3 is 2.14 bits per heavy atom. The number of phenols is 1. The van der Waals surface area contributed by atoms with Gasteiger partial charge in [0.15, 0.2) is 23.0 Å². The minimum Gasteiger partial charge on any atom is -0.507 e. The van der Waals surface area contributed by atoms with Crippen LogP contribution in [0.1, 0.15) is 101 Å². The molecule has 2 aromatic rings. The Morgan fingerprint density at radius 1 is 0.977 bits per heavy atom. The van der Waals surface area contributed by atoms with Crippen molar-refractivity contribution in [2.45, 2.75) is 86.2 Å². The molecule has 1 saturated carbocycles. The van der Waals surface area contributed by atoms with Gasteiger partial charge in [-0.15, -0.1) is 0 Å². The highest BCUT2D eigenvalue weighted by Gasteiger charge is 2.73. The first-order valence-electron chi connectivity index (χ1n) is 15.5. The van der Waals surface area contributed by atoms with E-state index in [1.807, 2.05) is 45.1 Å². The Balaban J connectivity index is 1.64. The smallest absolute Gasteiger partial charge is 0.192 e. The van der Waals surface area contributed by atoms with Gasteiger partial charge in [0.1, 0.15) is 17.5 Å². The van der Waals surface area contributed by atoms with E-state index in [4.69, 9.17) is 0 Å². The Hall–Kier alpha value is -3.64. The zero-order valence-corrected chi connectivity index (χ0v) is 27.3. The van der Waals surface area contributed by atoms with E-state index < -0.39 is 51.4 Å². The maximum absolute atomic E-state index is 14.5. The quantitative estimate of drug-likeness (QED) is 0.231. The molecule has 0 heterocycles. The third-order valence-electron chi connectivity index (χ3n) is 10.6. The lowest BCUT2D eigenvalue weighted by atomic mass is 9.41. The van der Waals surface area contributed by atoms with Crippen LogP contribution in [0.15, 0.2) is 47.5 Å². The molecule has 0 radical (unpaired) electrons.